The Hall–Kier alpha value is -1.99. The lowest BCUT2D eigenvalue weighted by Crippen LogP contribution is -2.65. The van der Waals surface area contributed by atoms with Gasteiger partial charge in [0.25, 0.3) is 0 Å². The summed E-state index contributed by atoms with van der Waals surface area (Å²) in [5, 5.41) is 51.7. The van der Waals surface area contributed by atoms with Gasteiger partial charge in [0, 0.05) is 20.8 Å². The summed E-state index contributed by atoms with van der Waals surface area (Å²) >= 11 is 0. The van der Waals surface area contributed by atoms with Crippen LogP contribution in [-0.4, -0.2) is 137 Å². The van der Waals surface area contributed by atoms with Gasteiger partial charge in [-0.25, -0.2) is 0 Å². The summed E-state index contributed by atoms with van der Waals surface area (Å²) in [6.07, 6.45) is -19.2. The van der Waals surface area contributed by atoms with Crippen LogP contribution in [0.4, 0.5) is 0 Å². The number of aliphatic hydroxyl groups excluding tert-OH is 5. The van der Waals surface area contributed by atoms with Crippen molar-refractivity contribution in [1.82, 2.24) is 0 Å². The molecule has 3 saturated heterocycles. The van der Waals surface area contributed by atoms with Crippen LogP contribution in [0.2, 0.25) is 0 Å². The molecule has 0 amide bonds. The predicted octanol–water partition coefficient (Wildman–Crippen LogP) is -3.55. The fraction of sp³-hybridized carbons (Fsp3) is 0.864. The first kappa shape index (κ1) is 30.6. The van der Waals surface area contributed by atoms with Crippen molar-refractivity contribution in [3.63, 3.8) is 0 Å². The molecule has 0 saturated carbocycles. The van der Waals surface area contributed by atoms with Crippen molar-refractivity contribution in [1.29, 1.82) is 0 Å². The number of ether oxygens (including phenoxy) is 8. The minimum Gasteiger partial charge on any atom is -0.456 e. The molecule has 5 N–H and O–H groups in total. The Labute approximate surface area is 217 Å². The van der Waals surface area contributed by atoms with E-state index in [2.05, 4.69) is 0 Å². The molecular formula is C22H34O16. The number of aliphatic hydroxyl groups is 5. The third kappa shape index (κ3) is 7.15. The molecule has 0 radical (unpaired) electrons. The summed E-state index contributed by atoms with van der Waals surface area (Å²) in [4.78, 5) is 35.2. The maximum absolute atomic E-state index is 11.9. The normalized spacial score (nSPS) is 43.7. The lowest BCUT2D eigenvalue weighted by Gasteiger charge is -2.46. The summed E-state index contributed by atoms with van der Waals surface area (Å²) in [5.74, 6) is -2.33. The second-order valence-corrected chi connectivity index (χ2v) is 9.17. The Kier molecular flexibility index (Phi) is 10.4. The van der Waals surface area contributed by atoms with E-state index in [0.717, 1.165) is 20.8 Å². The van der Waals surface area contributed by atoms with Gasteiger partial charge in [0.05, 0.1) is 19.3 Å². The highest BCUT2D eigenvalue weighted by atomic mass is 16.8. The topological polar surface area (TPSA) is 226 Å². The Morgan fingerprint density at radius 1 is 0.658 bits per heavy atom. The van der Waals surface area contributed by atoms with E-state index in [1.807, 2.05) is 0 Å². The highest BCUT2D eigenvalue weighted by Crippen LogP contribution is 2.32. The second-order valence-electron chi connectivity index (χ2n) is 9.17. The molecule has 3 fully saturated rings. The van der Waals surface area contributed by atoms with Crippen LogP contribution in [0.25, 0.3) is 0 Å². The van der Waals surface area contributed by atoms with Crippen molar-refractivity contribution < 1.29 is 77.8 Å². The molecule has 0 bridgehead atoms. The van der Waals surface area contributed by atoms with Gasteiger partial charge in [0.15, 0.2) is 37.2 Å². The molecule has 218 valence electrons. The summed E-state index contributed by atoms with van der Waals surface area (Å²) in [5.41, 5.74) is 0. The number of esters is 3. The Morgan fingerprint density at radius 2 is 1.24 bits per heavy atom. The van der Waals surface area contributed by atoms with Crippen LogP contribution in [0.15, 0.2) is 0 Å². The summed E-state index contributed by atoms with van der Waals surface area (Å²) in [6, 6.07) is 0. The van der Waals surface area contributed by atoms with E-state index >= 15 is 0 Å². The van der Waals surface area contributed by atoms with Crippen molar-refractivity contribution in [2.24, 2.45) is 0 Å². The molecule has 16 heteroatoms. The molecule has 13 atom stereocenters. The van der Waals surface area contributed by atoms with E-state index in [4.69, 9.17) is 37.9 Å². The molecule has 1 unspecified atom stereocenters. The van der Waals surface area contributed by atoms with Crippen molar-refractivity contribution in [3.05, 3.63) is 0 Å². The summed E-state index contributed by atoms with van der Waals surface area (Å²) < 4.78 is 42.9. The van der Waals surface area contributed by atoms with Gasteiger partial charge >= 0.3 is 17.9 Å². The predicted molar refractivity (Wildman–Crippen MR) is 116 cm³/mol. The zero-order valence-electron chi connectivity index (χ0n) is 21.1. The lowest BCUT2D eigenvalue weighted by molar-refractivity contribution is -0.369. The van der Waals surface area contributed by atoms with Gasteiger partial charge < -0.3 is 63.4 Å². The van der Waals surface area contributed by atoms with E-state index in [1.54, 1.807) is 0 Å². The molecule has 3 aliphatic rings. The lowest BCUT2D eigenvalue weighted by atomic mass is 9.98. The molecule has 0 spiro atoms. The molecule has 3 heterocycles. The number of hydrogen-bond acceptors (Lipinski definition) is 16. The van der Waals surface area contributed by atoms with Crippen LogP contribution < -0.4 is 0 Å². The van der Waals surface area contributed by atoms with Gasteiger partial charge in [-0.15, -0.1) is 0 Å². The molecule has 0 aromatic carbocycles. The number of carbonyl (C=O) groups is 3. The van der Waals surface area contributed by atoms with Gasteiger partial charge in [-0.3, -0.25) is 14.4 Å². The third-order valence-electron chi connectivity index (χ3n) is 6.12. The maximum Gasteiger partial charge on any atom is 0.303 e. The molecule has 16 nitrogen and oxygen atoms in total. The van der Waals surface area contributed by atoms with E-state index < -0.39 is 97.8 Å². The molecule has 3 aliphatic heterocycles. The Bertz CT molecular complexity index is 838. The fourth-order valence-electron chi connectivity index (χ4n) is 4.33. The standard InChI is InChI=1S/C22H34O16/c1-7-13(27)17(15(29)21(33-7)38-18-14(28)11(26)5-31-20(18)30)37-22-19(36-10(4)25)16(35-9(3)24)12(6-32-22)34-8(2)23/h7,11-22,26-30H,5-6H2,1-4H3/t7-,11-,12+,13-,14-,15+,16+,17+,18+,19+,20?,21-,22-/m0/s1. The van der Waals surface area contributed by atoms with Gasteiger partial charge in [-0.1, -0.05) is 0 Å². The Morgan fingerprint density at radius 3 is 1.84 bits per heavy atom. The zero-order chi connectivity index (χ0) is 28.3. The van der Waals surface area contributed by atoms with Gasteiger partial charge in [-0.2, -0.15) is 0 Å². The van der Waals surface area contributed by atoms with E-state index in [9.17, 15) is 39.9 Å². The highest BCUT2D eigenvalue weighted by Gasteiger charge is 2.53. The van der Waals surface area contributed by atoms with Crippen molar-refractivity contribution in [2.75, 3.05) is 13.2 Å². The average Bonchev–Trinajstić information content (AvgIpc) is 2.82. The largest absolute Gasteiger partial charge is 0.456 e. The van der Waals surface area contributed by atoms with Crippen molar-refractivity contribution >= 4 is 17.9 Å². The molecule has 0 aromatic heterocycles. The maximum atomic E-state index is 11.9. The molecule has 38 heavy (non-hydrogen) atoms. The number of carbonyl (C=O) groups excluding carboxylic acids is 3. The summed E-state index contributed by atoms with van der Waals surface area (Å²) in [7, 11) is 0. The average molecular weight is 554 g/mol. The van der Waals surface area contributed by atoms with E-state index in [-0.39, 0.29) is 13.2 Å². The Balaban J connectivity index is 1.82. The first-order valence-electron chi connectivity index (χ1n) is 11.9. The minimum atomic E-state index is -1.78. The highest BCUT2D eigenvalue weighted by molar-refractivity contribution is 5.68. The molecule has 0 aromatic rings. The third-order valence-corrected chi connectivity index (χ3v) is 6.12. The van der Waals surface area contributed by atoms with Crippen LogP contribution in [0, 0.1) is 0 Å². The smallest absolute Gasteiger partial charge is 0.303 e. The van der Waals surface area contributed by atoms with Gasteiger partial charge in [0.2, 0.25) is 0 Å². The van der Waals surface area contributed by atoms with Crippen molar-refractivity contribution in [2.45, 2.75) is 108 Å². The quantitative estimate of drug-likeness (QED) is 0.152. The SMILES string of the molecule is CC(=O)O[C@H]1[C@H](O[C@@H]2[C@@H](O)[C@H](C)O[C@@H](O[C@H]3C(O)OC[C@H](O)[C@@H]3O)[C@@H]2O)OC[C@@H](OC(C)=O)[C@H]1OC(C)=O. The number of rotatable bonds is 7. The van der Waals surface area contributed by atoms with Crippen LogP contribution in [-0.2, 0) is 52.3 Å². The van der Waals surface area contributed by atoms with E-state index in [1.165, 1.54) is 6.92 Å². The monoisotopic (exact) mass is 554 g/mol. The first-order chi connectivity index (χ1) is 17.8. The van der Waals surface area contributed by atoms with Crippen LogP contribution in [0.5, 0.6) is 0 Å². The first-order valence-corrected chi connectivity index (χ1v) is 11.9. The molecular weight excluding hydrogens is 520 g/mol. The van der Waals surface area contributed by atoms with Crippen LogP contribution in [0.1, 0.15) is 27.7 Å². The van der Waals surface area contributed by atoms with Gasteiger partial charge in [-0.05, 0) is 6.92 Å². The van der Waals surface area contributed by atoms with Crippen LogP contribution >= 0.6 is 0 Å². The van der Waals surface area contributed by atoms with Crippen molar-refractivity contribution in [3.8, 4) is 0 Å². The van der Waals surface area contributed by atoms with Crippen LogP contribution in [0.3, 0.4) is 0 Å². The zero-order valence-corrected chi connectivity index (χ0v) is 21.1. The minimum absolute atomic E-state index is 0.356. The molecule has 3 rings (SSSR count). The second kappa shape index (κ2) is 12.9. The fourth-order valence-corrected chi connectivity index (χ4v) is 4.33. The molecule has 0 aliphatic carbocycles. The number of hydrogen-bond donors (Lipinski definition) is 5. The summed E-state index contributed by atoms with van der Waals surface area (Å²) in [6.45, 7) is 3.98. The van der Waals surface area contributed by atoms with E-state index in [0.29, 0.717) is 0 Å². The van der Waals surface area contributed by atoms with Gasteiger partial charge in [0.1, 0.15) is 36.6 Å².